The average Bonchev–Trinajstić information content (AvgIpc) is 2.91. The highest BCUT2D eigenvalue weighted by Gasteiger charge is 2.14. The molecule has 0 amide bonds. The number of allylic oxidation sites excluding steroid dienone is 2. The SMILES string of the molecule is CC.CCCCCCCCCCN(CC1=CCC(c2ccccc2)C=C1)c1ccc(OC)cc1. The van der Waals surface area contributed by atoms with E-state index in [1.807, 2.05) is 13.8 Å². The fraction of sp³-hybridized carbons (Fsp3) is 0.500. The average molecular weight is 462 g/mol. The Labute approximate surface area is 209 Å². The second-order valence-corrected chi connectivity index (χ2v) is 8.99. The second kappa shape index (κ2) is 17.0. The van der Waals surface area contributed by atoms with Gasteiger partial charge in [-0.05, 0) is 48.2 Å². The van der Waals surface area contributed by atoms with E-state index in [1.54, 1.807) is 7.11 Å². The van der Waals surface area contributed by atoms with Gasteiger partial charge in [0.2, 0.25) is 0 Å². The van der Waals surface area contributed by atoms with Crippen LogP contribution in [0, 0.1) is 0 Å². The second-order valence-electron chi connectivity index (χ2n) is 8.99. The van der Waals surface area contributed by atoms with E-state index in [4.69, 9.17) is 4.74 Å². The summed E-state index contributed by atoms with van der Waals surface area (Å²) in [6, 6.07) is 19.4. The van der Waals surface area contributed by atoms with Crippen LogP contribution in [0.4, 0.5) is 5.69 Å². The van der Waals surface area contributed by atoms with Crippen molar-refractivity contribution in [3.63, 3.8) is 0 Å². The molecule has 186 valence electrons. The fourth-order valence-electron chi connectivity index (χ4n) is 4.48. The Morgan fingerprint density at radius 1 is 0.824 bits per heavy atom. The molecule has 0 saturated heterocycles. The summed E-state index contributed by atoms with van der Waals surface area (Å²) in [5.41, 5.74) is 4.12. The molecule has 0 aromatic heterocycles. The highest BCUT2D eigenvalue weighted by Crippen LogP contribution is 2.28. The molecule has 0 heterocycles. The molecule has 1 aliphatic carbocycles. The Morgan fingerprint density at radius 3 is 2.06 bits per heavy atom. The van der Waals surface area contributed by atoms with Crippen LogP contribution < -0.4 is 9.64 Å². The molecular formula is C32H47NO. The number of methoxy groups -OCH3 is 1. The van der Waals surface area contributed by atoms with E-state index in [2.05, 4.69) is 84.6 Å². The van der Waals surface area contributed by atoms with E-state index in [0.29, 0.717) is 5.92 Å². The van der Waals surface area contributed by atoms with Gasteiger partial charge in [-0.2, -0.15) is 0 Å². The minimum Gasteiger partial charge on any atom is -0.497 e. The lowest BCUT2D eigenvalue weighted by molar-refractivity contribution is 0.415. The summed E-state index contributed by atoms with van der Waals surface area (Å²) in [4.78, 5) is 2.54. The van der Waals surface area contributed by atoms with Gasteiger partial charge in [0, 0.05) is 24.7 Å². The van der Waals surface area contributed by atoms with Crippen molar-refractivity contribution < 1.29 is 4.74 Å². The van der Waals surface area contributed by atoms with E-state index in [0.717, 1.165) is 25.3 Å². The molecule has 0 bridgehead atoms. The number of nitrogens with zero attached hydrogens (tertiary/aromatic N) is 1. The summed E-state index contributed by atoms with van der Waals surface area (Å²) < 4.78 is 5.36. The first kappa shape index (κ1) is 27.8. The Bertz CT molecular complexity index is 822. The van der Waals surface area contributed by atoms with Crippen LogP contribution in [0.15, 0.2) is 78.4 Å². The molecule has 0 fully saturated rings. The number of rotatable bonds is 14. The van der Waals surface area contributed by atoms with Crippen LogP contribution in [0.3, 0.4) is 0 Å². The molecule has 0 radical (unpaired) electrons. The lowest BCUT2D eigenvalue weighted by Crippen LogP contribution is -2.27. The van der Waals surface area contributed by atoms with Crippen LogP contribution in [-0.2, 0) is 0 Å². The standard InChI is InChI=1S/C30H41NO.C2H6/c1-3-4-5-6-7-8-9-13-24-31(29-20-22-30(32-2)23-21-29)25-26-16-18-28(19-17-26)27-14-11-10-12-15-27;1-2/h10-12,14-18,20-23,28H,3-9,13,19,24-25H2,1-2H3;1-2H3. The third-order valence-corrected chi connectivity index (χ3v) is 6.50. The van der Waals surface area contributed by atoms with Crippen molar-refractivity contribution in [2.45, 2.75) is 84.5 Å². The van der Waals surface area contributed by atoms with Crippen molar-refractivity contribution in [1.29, 1.82) is 0 Å². The van der Waals surface area contributed by atoms with Gasteiger partial charge >= 0.3 is 0 Å². The molecular weight excluding hydrogens is 414 g/mol. The van der Waals surface area contributed by atoms with Crippen LogP contribution in [0.25, 0.3) is 0 Å². The van der Waals surface area contributed by atoms with Gasteiger partial charge in [0.1, 0.15) is 5.75 Å². The molecule has 0 aliphatic heterocycles. The first-order valence-electron chi connectivity index (χ1n) is 13.6. The number of unbranched alkanes of at least 4 members (excludes halogenated alkanes) is 7. The minimum atomic E-state index is 0.502. The Hall–Kier alpha value is -2.48. The normalized spacial score (nSPS) is 14.7. The van der Waals surface area contributed by atoms with Crippen LogP contribution >= 0.6 is 0 Å². The van der Waals surface area contributed by atoms with Crippen LogP contribution in [-0.4, -0.2) is 20.2 Å². The molecule has 2 aromatic rings. The van der Waals surface area contributed by atoms with Crippen LogP contribution in [0.5, 0.6) is 5.75 Å². The summed E-state index contributed by atoms with van der Waals surface area (Å²) >= 11 is 0. The largest absolute Gasteiger partial charge is 0.497 e. The summed E-state index contributed by atoms with van der Waals surface area (Å²) in [5, 5.41) is 0. The molecule has 0 spiro atoms. The summed E-state index contributed by atoms with van der Waals surface area (Å²) in [5.74, 6) is 1.42. The van der Waals surface area contributed by atoms with Gasteiger partial charge in [0.05, 0.1) is 7.11 Å². The smallest absolute Gasteiger partial charge is 0.119 e. The molecule has 0 saturated carbocycles. The van der Waals surface area contributed by atoms with E-state index in [-0.39, 0.29) is 0 Å². The highest BCUT2D eigenvalue weighted by atomic mass is 16.5. The van der Waals surface area contributed by atoms with Crippen molar-refractivity contribution in [2.75, 3.05) is 25.1 Å². The van der Waals surface area contributed by atoms with Crippen molar-refractivity contribution >= 4 is 5.69 Å². The molecule has 34 heavy (non-hydrogen) atoms. The lowest BCUT2D eigenvalue weighted by Gasteiger charge is -2.27. The molecule has 1 atom stereocenters. The predicted octanol–water partition coefficient (Wildman–Crippen LogP) is 9.34. The Morgan fingerprint density at radius 2 is 1.47 bits per heavy atom. The number of hydrogen-bond acceptors (Lipinski definition) is 2. The van der Waals surface area contributed by atoms with Crippen molar-refractivity contribution in [1.82, 2.24) is 0 Å². The first-order chi connectivity index (χ1) is 16.8. The number of ether oxygens (including phenoxy) is 1. The van der Waals surface area contributed by atoms with Gasteiger partial charge in [-0.1, -0.05) is 114 Å². The maximum Gasteiger partial charge on any atom is 0.119 e. The fourth-order valence-corrected chi connectivity index (χ4v) is 4.48. The monoisotopic (exact) mass is 461 g/mol. The molecule has 3 rings (SSSR count). The highest BCUT2D eigenvalue weighted by molar-refractivity contribution is 5.51. The van der Waals surface area contributed by atoms with Gasteiger partial charge in [-0.3, -0.25) is 0 Å². The third-order valence-electron chi connectivity index (χ3n) is 6.50. The molecule has 1 aliphatic rings. The van der Waals surface area contributed by atoms with Gasteiger partial charge in [0.15, 0.2) is 0 Å². The maximum absolute atomic E-state index is 5.36. The van der Waals surface area contributed by atoms with E-state index < -0.39 is 0 Å². The van der Waals surface area contributed by atoms with Crippen molar-refractivity contribution in [2.24, 2.45) is 0 Å². The molecule has 1 unspecified atom stereocenters. The molecule has 0 N–H and O–H groups in total. The zero-order chi connectivity index (χ0) is 24.4. The van der Waals surface area contributed by atoms with Crippen LogP contribution in [0.2, 0.25) is 0 Å². The van der Waals surface area contributed by atoms with E-state index >= 15 is 0 Å². The Balaban J connectivity index is 0.00000199. The zero-order valence-corrected chi connectivity index (χ0v) is 22.1. The van der Waals surface area contributed by atoms with Gasteiger partial charge in [-0.15, -0.1) is 0 Å². The summed E-state index contributed by atoms with van der Waals surface area (Å²) in [7, 11) is 1.73. The maximum atomic E-state index is 5.36. The van der Waals surface area contributed by atoms with Crippen molar-refractivity contribution in [3.05, 3.63) is 84.0 Å². The van der Waals surface area contributed by atoms with Crippen molar-refractivity contribution in [3.8, 4) is 5.75 Å². The third kappa shape index (κ3) is 9.79. The van der Waals surface area contributed by atoms with Gasteiger partial charge in [-0.25, -0.2) is 0 Å². The lowest BCUT2D eigenvalue weighted by atomic mass is 9.90. The molecule has 2 aromatic carbocycles. The minimum absolute atomic E-state index is 0.502. The first-order valence-corrected chi connectivity index (χ1v) is 13.6. The number of anilines is 1. The Kier molecular flexibility index (Phi) is 13.9. The summed E-state index contributed by atoms with van der Waals surface area (Å²) in [6.45, 7) is 8.36. The quantitative estimate of drug-likeness (QED) is 0.260. The van der Waals surface area contributed by atoms with Gasteiger partial charge < -0.3 is 9.64 Å². The summed E-state index contributed by atoms with van der Waals surface area (Å²) in [6.07, 6.45) is 19.1. The number of hydrogen-bond donors (Lipinski definition) is 0. The zero-order valence-electron chi connectivity index (χ0n) is 22.1. The topological polar surface area (TPSA) is 12.5 Å². The van der Waals surface area contributed by atoms with E-state index in [1.165, 1.54) is 68.2 Å². The van der Waals surface area contributed by atoms with E-state index in [9.17, 15) is 0 Å². The predicted molar refractivity (Wildman–Crippen MR) is 150 cm³/mol. The van der Waals surface area contributed by atoms with Gasteiger partial charge in [0.25, 0.3) is 0 Å². The van der Waals surface area contributed by atoms with Crippen LogP contribution in [0.1, 0.15) is 90.0 Å². The number of benzene rings is 2. The molecule has 2 heteroatoms. The molecule has 2 nitrogen and oxygen atoms in total.